The van der Waals surface area contributed by atoms with E-state index in [-0.39, 0.29) is 11.9 Å². The number of ether oxygens (including phenoxy) is 2. The van der Waals surface area contributed by atoms with Gasteiger partial charge in [-0.15, -0.1) is 5.10 Å². The van der Waals surface area contributed by atoms with E-state index >= 15 is 0 Å². The number of aryl methyl sites for hydroxylation is 1. The standard InChI is InChI=1S/C17H21N3O3S/c1-4-13-16(24-19-18-13)17(21)20-9-5-6-14(20)12-10-11(22-2)7-8-15(12)23-3/h7-8,10,14H,4-6,9H2,1-3H3. The van der Waals surface area contributed by atoms with Crippen molar-refractivity contribution in [3.05, 3.63) is 34.3 Å². The molecule has 1 unspecified atom stereocenters. The summed E-state index contributed by atoms with van der Waals surface area (Å²) >= 11 is 1.18. The van der Waals surface area contributed by atoms with Crippen molar-refractivity contribution >= 4 is 17.4 Å². The summed E-state index contributed by atoms with van der Waals surface area (Å²) in [4.78, 5) is 15.6. The first-order valence-corrected chi connectivity index (χ1v) is 8.81. The van der Waals surface area contributed by atoms with Crippen LogP contribution < -0.4 is 9.47 Å². The van der Waals surface area contributed by atoms with Gasteiger partial charge >= 0.3 is 0 Å². The number of aromatic nitrogens is 2. The van der Waals surface area contributed by atoms with Crippen LogP contribution in [-0.4, -0.2) is 41.2 Å². The molecular formula is C17H21N3O3S. The number of benzene rings is 1. The van der Waals surface area contributed by atoms with Crippen molar-refractivity contribution in [1.82, 2.24) is 14.5 Å². The van der Waals surface area contributed by atoms with Gasteiger partial charge in [0.25, 0.3) is 5.91 Å². The van der Waals surface area contributed by atoms with Gasteiger partial charge in [0, 0.05) is 12.1 Å². The minimum absolute atomic E-state index is 0.00854. The zero-order chi connectivity index (χ0) is 17.1. The first-order chi connectivity index (χ1) is 11.7. The second-order valence-corrected chi connectivity index (χ2v) is 6.42. The average molecular weight is 347 g/mol. The maximum atomic E-state index is 13.0. The molecule has 3 rings (SSSR count). The molecule has 1 atom stereocenters. The van der Waals surface area contributed by atoms with Gasteiger partial charge in [0.1, 0.15) is 16.4 Å². The third-order valence-electron chi connectivity index (χ3n) is 4.39. The predicted molar refractivity (Wildman–Crippen MR) is 91.8 cm³/mol. The molecule has 2 heterocycles. The van der Waals surface area contributed by atoms with E-state index in [1.165, 1.54) is 11.5 Å². The largest absolute Gasteiger partial charge is 0.497 e. The Morgan fingerprint density at radius 1 is 1.38 bits per heavy atom. The highest BCUT2D eigenvalue weighted by Crippen LogP contribution is 2.40. The van der Waals surface area contributed by atoms with Crippen molar-refractivity contribution < 1.29 is 14.3 Å². The van der Waals surface area contributed by atoms with Crippen LogP contribution in [0.5, 0.6) is 11.5 Å². The van der Waals surface area contributed by atoms with E-state index in [4.69, 9.17) is 9.47 Å². The summed E-state index contributed by atoms with van der Waals surface area (Å²) < 4.78 is 14.8. The Kier molecular flexibility index (Phi) is 4.99. The molecule has 0 spiro atoms. The van der Waals surface area contributed by atoms with Crippen molar-refractivity contribution in [3.63, 3.8) is 0 Å². The quantitative estimate of drug-likeness (QED) is 0.831. The normalized spacial score (nSPS) is 17.1. The Labute approximate surface area is 145 Å². The highest BCUT2D eigenvalue weighted by molar-refractivity contribution is 7.08. The fraction of sp³-hybridized carbons (Fsp3) is 0.471. The molecule has 128 valence electrons. The van der Waals surface area contributed by atoms with Crippen LogP contribution >= 0.6 is 11.5 Å². The highest BCUT2D eigenvalue weighted by atomic mass is 32.1. The van der Waals surface area contributed by atoms with Gasteiger partial charge in [0.05, 0.1) is 26.0 Å². The summed E-state index contributed by atoms with van der Waals surface area (Å²) in [6.07, 6.45) is 2.58. The van der Waals surface area contributed by atoms with Crippen LogP contribution in [0.2, 0.25) is 0 Å². The Morgan fingerprint density at radius 2 is 2.21 bits per heavy atom. The van der Waals surface area contributed by atoms with Gasteiger partial charge in [-0.1, -0.05) is 11.4 Å². The summed E-state index contributed by atoms with van der Waals surface area (Å²) in [5.41, 5.74) is 1.76. The Bertz CT molecular complexity index is 732. The molecule has 0 bridgehead atoms. The van der Waals surface area contributed by atoms with Crippen molar-refractivity contribution in [2.24, 2.45) is 0 Å². The molecule has 6 nitrogen and oxygen atoms in total. The lowest BCUT2D eigenvalue weighted by atomic mass is 10.0. The van der Waals surface area contributed by atoms with Crippen molar-refractivity contribution in [1.29, 1.82) is 0 Å². The van der Waals surface area contributed by atoms with E-state index < -0.39 is 0 Å². The van der Waals surface area contributed by atoms with Crippen LogP contribution in [-0.2, 0) is 6.42 Å². The van der Waals surface area contributed by atoms with Crippen LogP contribution in [0.4, 0.5) is 0 Å². The van der Waals surface area contributed by atoms with E-state index in [0.717, 1.165) is 42.1 Å². The molecule has 1 aromatic heterocycles. The van der Waals surface area contributed by atoms with E-state index in [2.05, 4.69) is 9.59 Å². The lowest BCUT2D eigenvalue weighted by molar-refractivity contribution is 0.0737. The minimum Gasteiger partial charge on any atom is -0.497 e. The van der Waals surface area contributed by atoms with E-state index in [0.29, 0.717) is 11.3 Å². The monoisotopic (exact) mass is 347 g/mol. The number of likely N-dealkylation sites (tertiary alicyclic amines) is 1. The first kappa shape index (κ1) is 16.7. The van der Waals surface area contributed by atoms with E-state index in [9.17, 15) is 4.79 Å². The Morgan fingerprint density at radius 3 is 2.92 bits per heavy atom. The van der Waals surface area contributed by atoms with Gasteiger partial charge in [-0.05, 0) is 49.0 Å². The average Bonchev–Trinajstić information content (AvgIpc) is 3.29. The van der Waals surface area contributed by atoms with Crippen molar-refractivity contribution in [2.75, 3.05) is 20.8 Å². The van der Waals surface area contributed by atoms with E-state index in [1.54, 1.807) is 14.2 Å². The van der Waals surface area contributed by atoms with Crippen molar-refractivity contribution in [3.8, 4) is 11.5 Å². The number of methoxy groups -OCH3 is 2. The summed E-state index contributed by atoms with van der Waals surface area (Å²) in [5, 5.41) is 4.06. The topological polar surface area (TPSA) is 64.6 Å². The summed E-state index contributed by atoms with van der Waals surface area (Å²) in [5.74, 6) is 1.55. The molecule has 24 heavy (non-hydrogen) atoms. The zero-order valence-corrected chi connectivity index (χ0v) is 14.9. The highest BCUT2D eigenvalue weighted by Gasteiger charge is 2.34. The number of carbonyl (C=O) groups excluding carboxylic acids is 1. The molecule has 1 saturated heterocycles. The third kappa shape index (κ3) is 2.96. The third-order valence-corrected chi connectivity index (χ3v) is 5.15. The molecule has 0 saturated carbocycles. The SMILES string of the molecule is CCc1nnsc1C(=O)N1CCCC1c1cc(OC)ccc1OC. The molecule has 1 fully saturated rings. The number of amides is 1. The summed E-state index contributed by atoms with van der Waals surface area (Å²) in [6, 6.07) is 5.70. The fourth-order valence-corrected chi connectivity index (χ4v) is 3.87. The number of hydrogen-bond acceptors (Lipinski definition) is 6. The Hall–Kier alpha value is -2.15. The molecule has 0 aliphatic carbocycles. The molecule has 2 aromatic rings. The smallest absolute Gasteiger partial charge is 0.268 e. The van der Waals surface area contributed by atoms with Gasteiger partial charge in [0.2, 0.25) is 0 Å². The molecule has 0 radical (unpaired) electrons. The maximum Gasteiger partial charge on any atom is 0.268 e. The lowest BCUT2D eigenvalue weighted by Gasteiger charge is -2.26. The van der Waals surface area contributed by atoms with Crippen LogP contribution in [0.25, 0.3) is 0 Å². The zero-order valence-electron chi connectivity index (χ0n) is 14.1. The molecule has 1 aliphatic rings. The maximum absolute atomic E-state index is 13.0. The second kappa shape index (κ2) is 7.17. The van der Waals surface area contributed by atoms with Crippen LogP contribution in [0, 0.1) is 0 Å². The van der Waals surface area contributed by atoms with Gasteiger partial charge in [-0.25, -0.2) is 0 Å². The molecule has 7 heteroatoms. The van der Waals surface area contributed by atoms with Gasteiger partial charge in [0.15, 0.2) is 0 Å². The van der Waals surface area contributed by atoms with E-state index in [1.807, 2.05) is 30.0 Å². The van der Waals surface area contributed by atoms with Gasteiger partial charge < -0.3 is 14.4 Å². The molecule has 0 N–H and O–H groups in total. The number of nitrogens with zero attached hydrogens (tertiary/aromatic N) is 3. The number of rotatable bonds is 5. The van der Waals surface area contributed by atoms with Gasteiger partial charge in [-0.3, -0.25) is 4.79 Å². The van der Waals surface area contributed by atoms with Crippen LogP contribution in [0.3, 0.4) is 0 Å². The summed E-state index contributed by atoms with van der Waals surface area (Å²) in [6.45, 7) is 2.71. The minimum atomic E-state index is -0.0191. The lowest BCUT2D eigenvalue weighted by Crippen LogP contribution is -2.30. The number of hydrogen-bond donors (Lipinski definition) is 0. The van der Waals surface area contributed by atoms with Crippen LogP contribution in [0.15, 0.2) is 18.2 Å². The Balaban J connectivity index is 1.95. The van der Waals surface area contributed by atoms with Crippen LogP contribution in [0.1, 0.15) is 46.7 Å². The first-order valence-electron chi connectivity index (χ1n) is 8.03. The van der Waals surface area contributed by atoms with Gasteiger partial charge in [-0.2, -0.15) is 0 Å². The molecule has 1 amide bonds. The molecular weight excluding hydrogens is 326 g/mol. The summed E-state index contributed by atoms with van der Waals surface area (Å²) in [7, 11) is 3.29. The predicted octanol–water partition coefficient (Wildman–Crippen LogP) is 3.10. The van der Waals surface area contributed by atoms with Crippen molar-refractivity contribution in [2.45, 2.75) is 32.2 Å². The number of carbonyl (C=O) groups is 1. The molecule has 1 aliphatic heterocycles. The molecule has 1 aromatic carbocycles. The fourth-order valence-electron chi connectivity index (χ4n) is 3.17. The second-order valence-electron chi connectivity index (χ2n) is 5.67.